The summed E-state index contributed by atoms with van der Waals surface area (Å²) in [5, 5.41) is 1.26. The molecular formula is C26H30N4O2S2. The Balaban J connectivity index is 1.31. The molecule has 3 aliphatic rings. The molecule has 2 aliphatic heterocycles. The summed E-state index contributed by atoms with van der Waals surface area (Å²) < 4.78 is 23.9. The predicted octanol–water partition coefficient (Wildman–Crippen LogP) is 4.05. The van der Waals surface area contributed by atoms with E-state index in [-0.39, 0.29) is 6.04 Å². The third-order valence-electron chi connectivity index (χ3n) is 7.38. The van der Waals surface area contributed by atoms with E-state index in [9.17, 15) is 8.42 Å². The van der Waals surface area contributed by atoms with Crippen LogP contribution in [0.3, 0.4) is 0 Å². The second kappa shape index (κ2) is 9.06. The van der Waals surface area contributed by atoms with Crippen LogP contribution in [-0.2, 0) is 22.7 Å². The lowest BCUT2D eigenvalue weighted by Gasteiger charge is -2.38. The van der Waals surface area contributed by atoms with Crippen LogP contribution in [0.1, 0.15) is 41.1 Å². The molecule has 2 fully saturated rings. The lowest BCUT2D eigenvalue weighted by molar-refractivity contribution is 0.200. The Bertz CT molecular complexity index is 1330. The van der Waals surface area contributed by atoms with E-state index in [4.69, 9.17) is 9.97 Å². The van der Waals surface area contributed by atoms with Crippen LogP contribution in [0.2, 0.25) is 0 Å². The molecule has 0 N–H and O–H groups in total. The number of piperazine rings is 1. The fraction of sp³-hybridized carbons (Fsp3) is 0.462. The fourth-order valence-electron chi connectivity index (χ4n) is 5.55. The summed E-state index contributed by atoms with van der Waals surface area (Å²) in [6.45, 7) is 3.50. The standard InChI is InChI=1S/C26H30N4O2S2/c31-34(32)17-12-20(18-34)29-13-15-30(16-14-29)25-24-21-8-4-5-9-22(21)33-26(24)28-23(27-25)11-10-19-6-2-1-3-7-19/h1-3,6-7,10-11,20H,4-5,8-9,12-18H2/b11-10+/t20-/m1/s1. The van der Waals surface area contributed by atoms with Crippen LogP contribution in [0.15, 0.2) is 30.3 Å². The van der Waals surface area contributed by atoms with Crippen molar-refractivity contribution in [3.63, 3.8) is 0 Å². The largest absolute Gasteiger partial charge is 0.353 e. The minimum Gasteiger partial charge on any atom is -0.353 e. The number of sulfone groups is 1. The topological polar surface area (TPSA) is 66.4 Å². The van der Waals surface area contributed by atoms with E-state index in [1.807, 2.05) is 35.6 Å². The van der Waals surface area contributed by atoms with E-state index in [2.05, 4.69) is 28.0 Å². The monoisotopic (exact) mass is 494 g/mol. The van der Waals surface area contributed by atoms with Gasteiger partial charge in [-0.3, -0.25) is 4.90 Å². The maximum atomic E-state index is 12.0. The van der Waals surface area contributed by atoms with Gasteiger partial charge in [-0.05, 0) is 49.3 Å². The van der Waals surface area contributed by atoms with Crippen LogP contribution >= 0.6 is 11.3 Å². The average Bonchev–Trinajstić information content (AvgIpc) is 3.42. The van der Waals surface area contributed by atoms with Crippen molar-refractivity contribution < 1.29 is 8.42 Å². The summed E-state index contributed by atoms with van der Waals surface area (Å²) in [5.41, 5.74) is 2.60. The maximum Gasteiger partial charge on any atom is 0.155 e. The first-order valence-corrected chi connectivity index (χ1v) is 14.9. The molecule has 0 radical (unpaired) electrons. The molecule has 3 aromatic rings. The van der Waals surface area contributed by atoms with Crippen LogP contribution in [-0.4, -0.2) is 67.0 Å². The highest BCUT2D eigenvalue weighted by Gasteiger charge is 2.34. The quantitative estimate of drug-likeness (QED) is 0.545. The zero-order valence-electron chi connectivity index (χ0n) is 19.3. The number of benzene rings is 1. The molecule has 34 heavy (non-hydrogen) atoms. The minimum atomic E-state index is -2.86. The zero-order valence-corrected chi connectivity index (χ0v) is 21.0. The number of anilines is 1. The van der Waals surface area contributed by atoms with Crippen molar-refractivity contribution in [2.45, 2.75) is 38.1 Å². The molecule has 6 rings (SSSR count). The van der Waals surface area contributed by atoms with Gasteiger partial charge in [-0.25, -0.2) is 18.4 Å². The van der Waals surface area contributed by atoms with Crippen LogP contribution in [0.4, 0.5) is 5.82 Å². The molecule has 0 amide bonds. The summed E-state index contributed by atoms with van der Waals surface area (Å²) in [6.07, 6.45) is 9.63. The number of fused-ring (bicyclic) bond motifs is 3. The van der Waals surface area contributed by atoms with Gasteiger partial charge in [0.15, 0.2) is 15.7 Å². The van der Waals surface area contributed by atoms with Gasteiger partial charge in [-0.1, -0.05) is 36.4 Å². The maximum absolute atomic E-state index is 12.0. The van der Waals surface area contributed by atoms with Crippen LogP contribution in [0.5, 0.6) is 0 Å². The Morgan fingerprint density at radius 2 is 1.76 bits per heavy atom. The molecule has 8 heteroatoms. The van der Waals surface area contributed by atoms with E-state index < -0.39 is 9.84 Å². The van der Waals surface area contributed by atoms with Crippen molar-refractivity contribution in [1.29, 1.82) is 0 Å². The van der Waals surface area contributed by atoms with Crippen molar-refractivity contribution >= 4 is 49.4 Å². The van der Waals surface area contributed by atoms with E-state index in [0.717, 1.165) is 67.5 Å². The van der Waals surface area contributed by atoms with Gasteiger partial charge >= 0.3 is 0 Å². The Morgan fingerprint density at radius 3 is 2.53 bits per heavy atom. The summed E-state index contributed by atoms with van der Waals surface area (Å²) in [5.74, 6) is 2.48. The summed E-state index contributed by atoms with van der Waals surface area (Å²) in [4.78, 5) is 17.4. The van der Waals surface area contributed by atoms with E-state index in [1.54, 1.807) is 0 Å². The van der Waals surface area contributed by atoms with Crippen LogP contribution in [0, 0.1) is 0 Å². The summed E-state index contributed by atoms with van der Waals surface area (Å²) in [6, 6.07) is 10.4. The highest BCUT2D eigenvalue weighted by atomic mass is 32.2. The van der Waals surface area contributed by atoms with Crippen molar-refractivity contribution in [3.8, 4) is 0 Å². The number of hydrogen-bond donors (Lipinski definition) is 0. The fourth-order valence-corrected chi connectivity index (χ4v) is 8.58. The zero-order chi connectivity index (χ0) is 23.1. The first kappa shape index (κ1) is 22.2. The summed E-state index contributed by atoms with van der Waals surface area (Å²) in [7, 11) is -2.86. The van der Waals surface area contributed by atoms with E-state index in [0.29, 0.717) is 11.5 Å². The lowest BCUT2D eigenvalue weighted by atomic mass is 9.97. The van der Waals surface area contributed by atoms with Gasteiger partial charge in [-0.2, -0.15) is 0 Å². The van der Waals surface area contributed by atoms with E-state index >= 15 is 0 Å². The molecule has 1 atom stereocenters. The van der Waals surface area contributed by atoms with Crippen molar-refractivity contribution in [2.75, 3.05) is 42.6 Å². The molecule has 1 aromatic carbocycles. The van der Waals surface area contributed by atoms with Crippen LogP contribution in [0.25, 0.3) is 22.4 Å². The third kappa shape index (κ3) is 4.39. The van der Waals surface area contributed by atoms with Gasteiger partial charge in [0.2, 0.25) is 0 Å². The van der Waals surface area contributed by atoms with Gasteiger partial charge in [-0.15, -0.1) is 11.3 Å². The van der Waals surface area contributed by atoms with Crippen molar-refractivity contribution in [3.05, 3.63) is 52.2 Å². The number of rotatable bonds is 4. The SMILES string of the molecule is O=S1(=O)CC[C@@H](N2CCN(c3nc(/C=C/c4ccccc4)nc4sc5c(c34)CCCC5)CC2)C1. The molecule has 178 valence electrons. The van der Waals surface area contributed by atoms with E-state index in [1.165, 1.54) is 28.7 Å². The highest BCUT2D eigenvalue weighted by Crippen LogP contribution is 2.40. The molecule has 0 bridgehead atoms. The normalized spacial score (nSPS) is 23.1. The van der Waals surface area contributed by atoms with Crippen LogP contribution < -0.4 is 4.90 Å². The number of thiophene rings is 1. The minimum absolute atomic E-state index is 0.177. The molecule has 0 spiro atoms. The Morgan fingerprint density at radius 1 is 0.971 bits per heavy atom. The van der Waals surface area contributed by atoms with Gasteiger partial charge in [0.1, 0.15) is 10.6 Å². The number of aromatic nitrogens is 2. The van der Waals surface area contributed by atoms with Gasteiger partial charge in [0.25, 0.3) is 0 Å². The number of hydrogen-bond acceptors (Lipinski definition) is 7. The van der Waals surface area contributed by atoms with Crippen molar-refractivity contribution in [2.24, 2.45) is 0 Å². The van der Waals surface area contributed by atoms with Crippen molar-refractivity contribution in [1.82, 2.24) is 14.9 Å². The first-order valence-electron chi connectivity index (χ1n) is 12.3. The molecule has 6 nitrogen and oxygen atoms in total. The van der Waals surface area contributed by atoms with Gasteiger partial charge < -0.3 is 4.90 Å². The molecular weight excluding hydrogens is 464 g/mol. The number of aryl methyl sites for hydroxylation is 2. The summed E-state index contributed by atoms with van der Waals surface area (Å²) >= 11 is 1.85. The molecule has 0 saturated carbocycles. The first-order chi connectivity index (χ1) is 16.6. The molecule has 2 aromatic heterocycles. The Kier molecular flexibility index (Phi) is 5.91. The molecule has 0 unspecified atom stereocenters. The van der Waals surface area contributed by atoms with Gasteiger partial charge in [0.05, 0.1) is 16.9 Å². The Labute approximate surface area is 205 Å². The molecule has 2 saturated heterocycles. The molecule has 1 aliphatic carbocycles. The Hall–Kier alpha value is -2.29. The number of nitrogens with zero attached hydrogens (tertiary/aromatic N) is 4. The van der Waals surface area contributed by atoms with Gasteiger partial charge in [0, 0.05) is 37.1 Å². The average molecular weight is 495 g/mol. The molecule has 4 heterocycles. The second-order valence-electron chi connectivity index (χ2n) is 9.62. The smallest absolute Gasteiger partial charge is 0.155 e. The lowest BCUT2D eigenvalue weighted by Crippen LogP contribution is -2.51. The predicted molar refractivity (Wildman–Crippen MR) is 140 cm³/mol. The second-order valence-corrected chi connectivity index (χ2v) is 12.9. The highest BCUT2D eigenvalue weighted by molar-refractivity contribution is 7.91. The third-order valence-corrected chi connectivity index (χ3v) is 10.3.